The molecule has 0 atom stereocenters. The summed E-state index contributed by atoms with van der Waals surface area (Å²) in [6.07, 6.45) is 1.67. The van der Waals surface area contributed by atoms with Gasteiger partial charge < -0.3 is 9.84 Å². The Balaban J connectivity index is 2.47. The molecular weight excluding hydrogens is 212 g/mol. The number of nitrogens with zero attached hydrogens (tertiary/aromatic N) is 2. The van der Waals surface area contributed by atoms with E-state index in [4.69, 9.17) is 9.84 Å². The van der Waals surface area contributed by atoms with Crippen molar-refractivity contribution in [3.63, 3.8) is 0 Å². The number of hydrazine groups is 1. The Morgan fingerprint density at radius 2 is 1.88 bits per heavy atom. The molecule has 0 spiro atoms. The summed E-state index contributed by atoms with van der Waals surface area (Å²) in [5.74, 6) is 0. The van der Waals surface area contributed by atoms with Crippen LogP contribution in [-0.4, -0.2) is 47.0 Å². The largest absolute Gasteiger partial charge is 0.464 e. The minimum absolute atomic E-state index is 0.347. The van der Waals surface area contributed by atoms with Crippen LogP contribution in [0.1, 0.15) is 32.6 Å². The Morgan fingerprint density at radius 3 is 2.44 bits per heavy atom. The summed E-state index contributed by atoms with van der Waals surface area (Å²) in [6, 6.07) is 0. The average Bonchev–Trinajstić information content (AvgIpc) is 2.29. The third-order valence-electron chi connectivity index (χ3n) is 2.44. The van der Waals surface area contributed by atoms with Gasteiger partial charge in [0.1, 0.15) is 0 Å². The van der Waals surface area contributed by atoms with Gasteiger partial charge in [-0.1, -0.05) is 13.3 Å². The van der Waals surface area contributed by atoms with Gasteiger partial charge in [0.25, 0.3) is 0 Å². The zero-order valence-corrected chi connectivity index (χ0v) is 9.52. The molecular formula is C10H18N2O4. The van der Waals surface area contributed by atoms with E-state index in [-0.39, 0.29) is 0 Å². The molecule has 0 aliphatic carbocycles. The van der Waals surface area contributed by atoms with Gasteiger partial charge in [0, 0.05) is 13.1 Å². The predicted octanol–water partition coefficient (Wildman–Crippen LogP) is 1.91. The zero-order valence-electron chi connectivity index (χ0n) is 9.52. The van der Waals surface area contributed by atoms with Crippen molar-refractivity contribution >= 4 is 12.2 Å². The van der Waals surface area contributed by atoms with Crippen LogP contribution in [0.2, 0.25) is 0 Å². The van der Waals surface area contributed by atoms with Crippen molar-refractivity contribution in [1.29, 1.82) is 0 Å². The second kappa shape index (κ2) is 6.19. The van der Waals surface area contributed by atoms with Crippen LogP contribution >= 0.6 is 0 Å². The molecule has 0 radical (unpaired) electrons. The molecule has 2 amide bonds. The lowest BCUT2D eigenvalue weighted by atomic mass is 10.2. The fourth-order valence-electron chi connectivity index (χ4n) is 1.53. The molecule has 1 N–H and O–H groups in total. The fourth-order valence-corrected chi connectivity index (χ4v) is 1.53. The van der Waals surface area contributed by atoms with Crippen molar-refractivity contribution in [2.45, 2.75) is 32.6 Å². The van der Waals surface area contributed by atoms with E-state index in [1.54, 1.807) is 0 Å². The maximum atomic E-state index is 11.6. The number of hydrogen-bond donors (Lipinski definition) is 1. The summed E-state index contributed by atoms with van der Waals surface area (Å²) in [5, 5.41) is 11.1. The summed E-state index contributed by atoms with van der Waals surface area (Å²) >= 11 is 0. The number of hydrogen-bond acceptors (Lipinski definition) is 3. The molecule has 1 heterocycles. The standard InChI is InChI=1S/C10H18N2O4/c1-2-3-8-16-10(15)12-7-5-4-6-11(12)9(13)14/h2-8H2,1H3,(H,13,14). The van der Waals surface area contributed by atoms with Gasteiger partial charge in [-0.3, -0.25) is 0 Å². The molecule has 1 saturated heterocycles. The SMILES string of the molecule is CCCCOC(=O)N1CCCCN1C(=O)O. The highest BCUT2D eigenvalue weighted by atomic mass is 16.6. The first-order valence-corrected chi connectivity index (χ1v) is 5.61. The van der Waals surface area contributed by atoms with Gasteiger partial charge in [0.2, 0.25) is 0 Å². The first-order chi connectivity index (χ1) is 7.66. The lowest BCUT2D eigenvalue weighted by Gasteiger charge is -2.35. The monoisotopic (exact) mass is 230 g/mol. The number of carboxylic acid groups (broad SMARTS) is 1. The molecule has 1 aliphatic heterocycles. The van der Waals surface area contributed by atoms with Gasteiger partial charge in [-0.05, 0) is 19.3 Å². The number of unbranched alkanes of at least 4 members (excludes halogenated alkanes) is 1. The van der Waals surface area contributed by atoms with E-state index >= 15 is 0 Å². The van der Waals surface area contributed by atoms with Crippen LogP contribution in [0.15, 0.2) is 0 Å². The van der Waals surface area contributed by atoms with E-state index in [0.29, 0.717) is 19.7 Å². The highest BCUT2D eigenvalue weighted by Gasteiger charge is 2.29. The normalized spacial score (nSPS) is 16.1. The molecule has 6 heteroatoms. The Hall–Kier alpha value is -1.46. The van der Waals surface area contributed by atoms with Crippen molar-refractivity contribution < 1.29 is 19.4 Å². The molecule has 0 unspecified atom stereocenters. The summed E-state index contributed by atoms with van der Waals surface area (Å²) in [7, 11) is 0. The van der Waals surface area contributed by atoms with E-state index in [1.165, 1.54) is 5.01 Å². The Labute approximate surface area is 94.7 Å². The average molecular weight is 230 g/mol. The summed E-state index contributed by atoms with van der Waals surface area (Å²) in [5.41, 5.74) is 0. The summed E-state index contributed by atoms with van der Waals surface area (Å²) < 4.78 is 4.98. The van der Waals surface area contributed by atoms with Crippen LogP contribution in [0, 0.1) is 0 Å². The van der Waals surface area contributed by atoms with Gasteiger partial charge in [0.05, 0.1) is 6.61 Å². The van der Waals surface area contributed by atoms with Crippen molar-refractivity contribution in [2.75, 3.05) is 19.7 Å². The second-order valence-electron chi connectivity index (χ2n) is 3.70. The Kier molecular flexibility index (Phi) is 4.88. The molecule has 16 heavy (non-hydrogen) atoms. The Morgan fingerprint density at radius 1 is 1.25 bits per heavy atom. The van der Waals surface area contributed by atoms with E-state index in [0.717, 1.165) is 30.7 Å². The summed E-state index contributed by atoms with van der Waals surface area (Å²) in [6.45, 7) is 3.12. The Bertz CT molecular complexity index is 257. The van der Waals surface area contributed by atoms with Crippen LogP contribution in [-0.2, 0) is 4.74 Å². The molecule has 0 aromatic rings. The van der Waals surface area contributed by atoms with Crippen molar-refractivity contribution in [2.24, 2.45) is 0 Å². The second-order valence-corrected chi connectivity index (χ2v) is 3.70. The van der Waals surface area contributed by atoms with Crippen LogP contribution in [0.4, 0.5) is 9.59 Å². The molecule has 92 valence electrons. The number of carbonyl (C=O) groups is 2. The van der Waals surface area contributed by atoms with Gasteiger partial charge in [-0.2, -0.15) is 0 Å². The first-order valence-electron chi connectivity index (χ1n) is 5.61. The van der Waals surface area contributed by atoms with E-state index < -0.39 is 12.2 Å². The maximum absolute atomic E-state index is 11.6. The number of carbonyl (C=O) groups excluding carboxylic acids is 1. The van der Waals surface area contributed by atoms with Crippen LogP contribution < -0.4 is 0 Å². The fraction of sp³-hybridized carbons (Fsp3) is 0.800. The number of amides is 2. The molecule has 0 aromatic carbocycles. The lowest BCUT2D eigenvalue weighted by Crippen LogP contribution is -2.52. The van der Waals surface area contributed by atoms with E-state index in [9.17, 15) is 9.59 Å². The van der Waals surface area contributed by atoms with Gasteiger partial charge in [-0.15, -0.1) is 0 Å². The van der Waals surface area contributed by atoms with Gasteiger partial charge in [-0.25, -0.2) is 19.6 Å². The minimum atomic E-state index is -1.10. The number of ether oxygens (including phenoxy) is 1. The minimum Gasteiger partial charge on any atom is -0.464 e. The highest BCUT2D eigenvalue weighted by Crippen LogP contribution is 2.12. The van der Waals surface area contributed by atoms with Crippen molar-refractivity contribution in [3.8, 4) is 0 Å². The molecule has 1 fully saturated rings. The predicted molar refractivity (Wildman–Crippen MR) is 56.9 cm³/mol. The van der Waals surface area contributed by atoms with E-state index in [2.05, 4.69) is 0 Å². The third kappa shape index (κ3) is 3.29. The lowest BCUT2D eigenvalue weighted by molar-refractivity contribution is -0.0284. The first kappa shape index (κ1) is 12.6. The zero-order chi connectivity index (χ0) is 12.0. The smallest absolute Gasteiger partial charge is 0.428 e. The van der Waals surface area contributed by atoms with Crippen molar-refractivity contribution in [1.82, 2.24) is 10.0 Å². The summed E-state index contributed by atoms with van der Waals surface area (Å²) in [4.78, 5) is 22.5. The van der Waals surface area contributed by atoms with Crippen molar-refractivity contribution in [3.05, 3.63) is 0 Å². The highest BCUT2D eigenvalue weighted by molar-refractivity contribution is 5.73. The maximum Gasteiger partial charge on any atom is 0.428 e. The van der Waals surface area contributed by atoms with Crippen LogP contribution in [0.3, 0.4) is 0 Å². The van der Waals surface area contributed by atoms with Gasteiger partial charge >= 0.3 is 12.2 Å². The molecule has 1 aliphatic rings. The van der Waals surface area contributed by atoms with Gasteiger partial charge in [0.15, 0.2) is 0 Å². The van der Waals surface area contributed by atoms with E-state index in [1.807, 2.05) is 6.92 Å². The van der Waals surface area contributed by atoms with Crippen LogP contribution in [0.5, 0.6) is 0 Å². The van der Waals surface area contributed by atoms with Crippen LogP contribution in [0.25, 0.3) is 0 Å². The quantitative estimate of drug-likeness (QED) is 0.752. The molecule has 6 nitrogen and oxygen atoms in total. The molecule has 1 rings (SSSR count). The molecule has 0 bridgehead atoms. The number of rotatable bonds is 3. The molecule has 0 aromatic heterocycles. The third-order valence-corrected chi connectivity index (χ3v) is 2.44. The topological polar surface area (TPSA) is 70.1 Å². The molecule has 0 saturated carbocycles.